The molecular formula is C12H18N4. The topological polar surface area (TPSA) is 52.7 Å². The smallest absolute Gasteiger partial charge is 0.0653 e. The number of benzene rings is 1. The molecule has 0 spiro atoms. The van der Waals surface area contributed by atoms with E-state index in [0.717, 1.165) is 31.6 Å². The first-order chi connectivity index (χ1) is 7.90. The summed E-state index contributed by atoms with van der Waals surface area (Å²) in [5.41, 5.74) is 2.40. The van der Waals surface area contributed by atoms with Crippen LogP contribution in [0.5, 0.6) is 0 Å². The number of hydrogen-bond acceptors (Lipinski definition) is 3. The quantitative estimate of drug-likeness (QED) is 0.640. The zero-order valence-corrected chi connectivity index (χ0v) is 9.59. The van der Waals surface area contributed by atoms with Gasteiger partial charge in [-0.2, -0.15) is 5.10 Å². The Bertz CT molecular complexity index is 435. The number of nitrogens with one attached hydrogen (secondary N) is 3. The predicted octanol–water partition coefficient (Wildman–Crippen LogP) is 1.26. The number of aromatic nitrogens is 2. The number of rotatable bonds is 6. The second-order valence-electron chi connectivity index (χ2n) is 3.93. The maximum atomic E-state index is 4.01. The number of hydrogen-bond donors (Lipinski definition) is 3. The van der Waals surface area contributed by atoms with Crippen LogP contribution in [-0.4, -0.2) is 30.3 Å². The standard InChI is InChI=1S/C12H18N4/c1-13-5-2-6-14-8-10-3-4-11-9-15-16-12(11)7-10/h3-4,7,9,13-14H,2,5-6,8H2,1H3,(H,15,16). The van der Waals surface area contributed by atoms with Gasteiger partial charge in [-0.15, -0.1) is 0 Å². The minimum absolute atomic E-state index is 0.915. The van der Waals surface area contributed by atoms with Crippen molar-refractivity contribution in [2.75, 3.05) is 20.1 Å². The summed E-state index contributed by atoms with van der Waals surface area (Å²) in [6.07, 6.45) is 3.00. The fourth-order valence-corrected chi connectivity index (χ4v) is 1.72. The summed E-state index contributed by atoms with van der Waals surface area (Å²) in [6, 6.07) is 6.39. The molecular weight excluding hydrogens is 200 g/mol. The summed E-state index contributed by atoms with van der Waals surface area (Å²) in [7, 11) is 1.98. The SMILES string of the molecule is CNCCCNCc1ccc2cn[nH]c2c1. The van der Waals surface area contributed by atoms with Crippen molar-refractivity contribution in [1.82, 2.24) is 20.8 Å². The van der Waals surface area contributed by atoms with Crippen molar-refractivity contribution in [1.29, 1.82) is 0 Å². The number of fused-ring (bicyclic) bond motifs is 1. The van der Waals surface area contributed by atoms with Crippen molar-refractivity contribution < 1.29 is 0 Å². The molecule has 0 aliphatic heterocycles. The van der Waals surface area contributed by atoms with Crippen LogP contribution in [0.1, 0.15) is 12.0 Å². The van der Waals surface area contributed by atoms with Crippen LogP contribution in [0.2, 0.25) is 0 Å². The Balaban J connectivity index is 1.84. The van der Waals surface area contributed by atoms with E-state index in [1.165, 1.54) is 10.9 Å². The van der Waals surface area contributed by atoms with Crippen molar-refractivity contribution in [3.63, 3.8) is 0 Å². The minimum Gasteiger partial charge on any atom is -0.320 e. The molecule has 1 heterocycles. The van der Waals surface area contributed by atoms with Gasteiger partial charge in [0.05, 0.1) is 11.7 Å². The summed E-state index contributed by atoms with van der Waals surface area (Å²) >= 11 is 0. The highest BCUT2D eigenvalue weighted by atomic mass is 15.1. The molecule has 4 heteroatoms. The van der Waals surface area contributed by atoms with Crippen molar-refractivity contribution in [2.24, 2.45) is 0 Å². The minimum atomic E-state index is 0.915. The molecule has 0 radical (unpaired) electrons. The van der Waals surface area contributed by atoms with E-state index in [0.29, 0.717) is 0 Å². The van der Waals surface area contributed by atoms with Crippen LogP contribution in [0.15, 0.2) is 24.4 Å². The Kier molecular flexibility index (Phi) is 3.91. The maximum Gasteiger partial charge on any atom is 0.0653 e. The van der Waals surface area contributed by atoms with Crippen molar-refractivity contribution >= 4 is 10.9 Å². The van der Waals surface area contributed by atoms with E-state index in [2.05, 4.69) is 39.0 Å². The molecule has 1 aromatic carbocycles. The van der Waals surface area contributed by atoms with Gasteiger partial charge in [0.15, 0.2) is 0 Å². The van der Waals surface area contributed by atoms with Crippen LogP contribution < -0.4 is 10.6 Å². The summed E-state index contributed by atoms with van der Waals surface area (Å²) in [6.45, 7) is 3.02. The first kappa shape index (κ1) is 11.1. The van der Waals surface area contributed by atoms with Gasteiger partial charge >= 0.3 is 0 Å². The molecule has 2 rings (SSSR count). The third-order valence-corrected chi connectivity index (χ3v) is 2.62. The van der Waals surface area contributed by atoms with Crippen LogP contribution >= 0.6 is 0 Å². The van der Waals surface area contributed by atoms with Gasteiger partial charge in [0.1, 0.15) is 0 Å². The molecule has 86 valence electrons. The lowest BCUT2D eigenvalue weighted by Crippen LogP contribution is -2.19. The van der Waals surface area contributed by atoms with Gasteiger partial charge in [0, 0.05) is 11.9 Å². The fraction of sp³-hybridized carbons (Fsp3) is 0.417. The normalized spacial score (nSPS) is 11.1. The van der Waals surface area contributed by atoms with Crippen LogP contribution in [0.3, 0.4) is 0 Å². The van der Waals surface area contributed by atoms with Gasteiger partial charge in [-0.25, -0.2) is 0 Å². The molecule has 0 aliphatic rings. The van der Waals surface area contributed by atoms with Gasteiger partial charge in [-0.05, 0) is 38.2 Å². The van der Waals surface area contributed by atoms with Crippen molar-refractivity contribution in [2.45, 2.75) is 13.0 Å². The molecule has 0 bridgehead atoms. The highest BCUT2D eigenvalue weighted by Crippen LogP contribution is 2.12. The zero-order chi connectivity index (χ0) is 11.2. The highest BCUT2D eigenvalue weighted by molar-refractivity contribution is 5.78. The zero-order valence-electron chi connectivity index (χ0n) is 9.59. The molecule has 3 N–H and O–H groups in total. The van der Waals surface area contributed by atoms with E-state index in [1.54, 1.807) is 0 Å². The lowest BCUT2D eigenvalue weighted by Gasteiger charge is -2.04. The average Bonchev–Trinajstić information content (AvgIpc) is 2.76. The molecule has 1 aromatic heterocycles. The fourth-order valence-electron chi connectivity index (χ4n) is 1.72. The first-order valence-electron chi connectivity index (χ1n) is 5.67. The van der Waals surface area contributed by atoms with Crippen LogP contribution in [0.25, 0.3) is 10.9 Å². The van der Waals surface area contributed by atoms with E-state index >= 15 is 0 Å². The molecule has 0 saturated carbocycles. The molecule has 4 nitrogen and oxygen atoms in total. The molecule has 16 heavy (non-hydrogen) atoms. The summed E-state index contributed by atoms with van der Waals surface area (Å²) in [5, 5.41) is 14.7. The van der Waals surface area contributed by atoms with E-state index in [-0.39, 0.29) is 0 Å². The Morgan fingerprint density at radius 3 is 3.12 bits per heavy atom. The highest BCUT2D eigenvalue weighted by Gasteiger charge is 1.97. The molecule has 0 fully saturated rings. The Labute approximate surface area is 95.4 Å². The molecule has 0 unspecified atom stereocenters. The third-order valence-electron chi connectivity index (χ3n) is 2.62. The monoisotopic (exact) mass is 218 g/mol. The Hall–Kier alpha value is -1.39. The molecule has 0 atom stereocenters. The predicted molar refractivity (Wildman–Crippen MR) is 66.3 cm³/mol. The molecule has 0 aliphatic carbocycles. The van der Waals surface area contributed by atoms with Gasteiger partial charge < -0.3 is 10.6 Å². The van der Waals surface area contributed by atoms with E-state index in [9.17, 15) is 0 Å². The van der Waals surface area contributed by atoms with E-state index < -0.39 is 0 Å². The van der Waals surface area contributed by atoms with E-state index in [4.69, 9.17) is 0 Å². The Morgan fingerprint density at radius 1 is 1.31 bits per heavy atom. The van der Waals surface area contributed by atoms with Crippen LogP contribution in [0.4, 0.5) is 0 Å². The van der Waals surface area contributed by atoms with E-state index in [1.807, 2.05) is 13.2 Å². The number of H-pyrrole nitrogens is 1. The van der Waals surface area contributed by atoms with Gasteiger partial charge in [0.25, 0.3) is 0 Å². The average molecular weight is 218 g/mol. The number of nitrogens with zero attached hydrogens (tertiary/aromatic N) is 1. The van der Waals surface area contributed by atoms with Crippen LogP contribution in [-0.2, 0) is 6.54 Å². The van der Waals surface area contributed by atoms with Gasteiger partial charge in [-0.3, -0.25) is 5.10 Å². The molecule has 2 aromatic rings. The summed E-state index contributed by atoms with van der Waals surface area (Å²) in [5.74, 6) is 0. The lowest BCUT2D eigenvalue weighted by molar-refractivity contribution is 0.625. The second kappa shape index (κ2) is 5.63. The molecule has 0 saturated heterocycles. The largest absolute Gasteiger partial charge is 0.320 e. The summed E-state index contributed by atoms with van der Waals surface area (Å²) in [4.78, 5) is 0. The Morgan fingerprint density at radius 2 is 2.25 bits per heavy atom. The lowest BCUT2D eigenvalue weighted by atomic mass is 10.1. The maximum absolute atomic E-state index is 4.01. The first-order valence-corrected chi connectivity index (χ1v) is 5.67. The third kappa shape index (κ3) is 2.81. The van der Waals surface area contributed by atoms with Crippen molar-refractivity contribution in [3.05, 3.63) is 30.0 Å². The van der Waals surface area contributed by atoms with Gasteiger partial charge in [0.2, 0.25) is 0 Å². The van der Waals surface area contributed by atoms with Gasteiger partial charge in [-0.1, -0.05) is 12.1 Å². The van der Waals surface area contributed by atoms with Crippen LogP contribution in [0, 0.1) is 0 Å². The summed E-state index contributed by atoms with van der Waals surface area (Å²) < 4.78 is 0. The van der Waals surface area contributed by atoms with Crippen molar-refractivity contribution in [3.8, 4) is 0 Å². The number of aromatic amines is 1. The second-order valence-corrected chi connectivity index (χ2v) is 3.93. The molecule has 0 amide bonds.